The van der Waals surface area contributed by atoms with Gasteiger partial charge in [0.15, 0.2) is 0 Å². The van der Waals surface area contributed by atoms with Crippen molar-refractivity contribution in [3.8, 4) is 0 Å². The SMILES string of the molecule is FCc1cncc(Br)c1C(F)F. The maximum atomic E-state index is 12.3. The van der Waals surface area contributed by atoms with Gasteiger partial charge < -0.3 is 0 Å². The maximum Gasteiger partial charge on any atom is 0.265 e. The van der Waals surface area contributed by atoms with Gasteiger partial charge in [-0.05, 0) is 15.9 Å². The minimum Gasteiger partial charge on any atom is -0.263 e. The maximum absolute atomic E-state index is 12.3. The van der Waals surface area contributed by atoms with Crippen molar-refractivity contribution >= 4 is 15.9 Å². The molecule has 0 fully saturated rings. The van der Waals surface area contributed by atoms with Crippen LogP contribution >= 0.6 is 15.9 Å². The molecule has 0 aliphatic heterocycles. The highest BCUT2D eigenvalue weighted by Gasteiger charge is 2.16. The Balaban J connectivity index is 3.20. The van der Waals surface area contributed by atoms with Crippen LogP contribution in [0.3, 0.4) is 0 Å². The molecule has 0 radical (unpaired) electrons. The van der Waals surface area contributed by atoms with Crippen molar-refractivity contribution in [2.45, 2.75) is 13.1 Å². The molecule has 0 saturated heterocycles. The van der Waals surface area contributed by atoms with E-state index in [2.05, 4.69) is 20.9 Å². The first-order chi connectivity index (χ1) is 5.66. The van der Waals surface area contributed by atoms with Gasteiger partial charge >= 0.3 is 0 Å². The molecule has 5 heteroatoms. The Labute approximate surface area is 75.7 Å². The van der Waals surface area contributed by atoms with Crippen molar-refractivity contribution in [3.63, 3.8) is 0 Å². The van der Waals surface area contributed by atoms with Gasteiger partial charge in [-0.25, -0.2) is 13.2 Å². The molecule has 0 aliphatic rings. The molecule has 1 aromatic heterocycles. The summed E-state index contributed by atoms with van der Waals surface area (Å²) in [6, 6.07) is 0. The van der Waals surface area contributed by atoms with Crippen molar-refractivity contribution in [3.05, 3.63) is 28.0 Å². The highest BCUT2D eigenvalue weighted by atomic mass is 79.9. The van der Waals surface area contributed by atoms with E-state index >= 15 is 0 Å². The normalized spacial score (nSPS) is 10.8. The first-order valence-corrected chi connectivity index (χ1v) is 3.92. The molecule has 1 nitrogen and oxygen atoms in total. The first kappa shape index (κ1) is 9.51. The second-order valence-electron chi connectivity index (χ2n) is 2.13. The Hall–Kier alpha value is -0.580. The summed E-state index contributed by atoms with van der Waals surface area (Å²) in [4.78, 5) is 3.58. The second kappa shape index (κ2) is 3.89. The monoisotopic (exact) mass is 239 g/mol. The smallest absolute Gasteiger partial charge is 0.263 e. The van der Waals surface area contributed by atoms with Crippen molar-refractivity contribution < 1.29 is 13.2 Å². The van der Waals surface area contributed by atoms with Crippen LogP contribution in [0.5, 0.6) is 0 Å². The summed E-state index contributed by atoms with van der Waals surface area (Å²) in [7, 11) is 0. The van der Waals surface area contributed by atoms with Gasteiger partial charge in [-0.3, -0.25) is 4.98 Å². The Morgan fingerprint density at radius 3 is 2.50 bits per heavy atom. The average Bonchev–Trinajstić information content (AvgIpc) is 2.03. The fraction of sp³-hybridized carbons (Fsp3) is 0.286. The van der Waals surface area contributed by atoms with E-state index in [-0.39, 0.29) is 15.6 Å². The van der Waals surface area contributed by atoms with Gasteiger partial charge in [-0.15, -0.1) is 0 Å². The van der Waals surface area contributed by atoms with Gasteiger partial charge in [0.25, 0.3) is 6.43 Å². The number of halogens is 4. The van der Waals surface area contributed by atoms with E-state index in [1.807, 2.05) is 0 Å². The second-order valence-corrected chi connectivity index (χ2v) is 2.98. The van der Waals surface area contributed by atoms with Crippen LogP contribution in [0.4, 0.5) is 13.2 Å². The Morgan fingerprint density at radius 2 is 2.08 bits per heavy atom. The van der Waals surface area contributed by atoms with Crippen LogP contribution in [-0.2, 0) is 6.67 Å². The fourth-order valence-electron chi connectivity index (χ4n) is 0.836. The number of alkyl halides is 3. The molecule has 66 valence electrons. The predicted octanol–water partition coefficient (Wildman–Crippen LogP) is 3.25. The average molecular weight is 240 g/mol. The van der Waals surface area contributed by atoms with Crippen LogP contribution in [0.1, 0.15) is 17.6 Å². The highest BCUT2D eigenvalue weighted by molar-refractivity contribution is 9.10. The van der Waals surface area contributed by atoms with Gasteiger partial charge in [0.05, 0.1) is 0 Å². The third-order valence-electron chi connectivity index (χ3n) is 1.38. The van der Waals surface area contributed by atoms with Crippen LogP contribution in [-0.4, -0.2) is 4.98 Å². The Bertz CT molecular complexity index is 277. The van der Waals surface area contributed by atoms with Gasteiger partial charge in [0.1, 0.15) is 6.67 Å². The molecule has 1 aromatic rings. The van der Waals surface area contributed by atoms with Gasteiger partial charge in [-0.2, -0.15) is 0 Å². The number of pyridine rings is 1. The van der Waals surface area contributed by atoms with E-state index in [9.17, 15) is 13.2 Å². The zero-order valence-electron chi connectivity index (χ0n) is 5.90. The molecule has 0 N–H and O–H groups in total. The lowest BCUT2D eigenvalue weighted by Gasteiger charge is -2.06. The lowest BCUT2D eigenvalue weighted by Crippen LogP contribution is -1.95. The molecule has 12 heavy (non-hydrogen) atoms. The van der Waals surface area contributed by atoms with Crippen LogP contribution in [0.15, 0.2) is 16.9 Å². The third-order valence-corrected chi connectivity index (χ3v) is 2.02. The van der Waals surface area contributed by atoms with Crippen molar-refractivity contribution in [1.29, 1.82) is 0 Å². The minimum atomic E-state index is -2.67. The van der Waals surface area contributed by atoms with Crippen LogP contribution < -0.4 is 0 Å². The Morgan fingerprint density at radius 1 is 1.42 bits per heavy atom. The van der Waals surface area contributed by atoms with Crippen LogP contribution in [0, 0.1) is 0 Å². The van der Waals surface area contributed by atoms with E-state index in [1.54, 1.807) is 0 Å². The van der Waals surface area contributed by atoms with Gasteiger partial charge in [0.2, 0.25) is 0 Å². The first-order valence-electron chi connectivity index (χ1n) is 3.13. The topological polar surface area (TPSA) is 12.9 Å². The van der Waals surface area contributed by atoms with Crippen molar-refractivity contribution in [1.82, 2.24) is 4.98 Å². The summed E-state index contributed by atoms with van der Waals surface area (Å²) in [6.07, 6.45) is -0.347. The molecule has 0 unspecified atom stereocenters. The molecule has 0 aliphatic carbocycles. The zero-order chi connectivity index (χ0) is 9.14. The lowest BCUT2D eigenvalue weighted by molar-refractivity contribution is 0.148. The van der Waals surface area contributed by atoms with Crippen molar-refractivity contribution in [2.24, 2.45) is 0 Å². The lowest BCUT2D eigenvalue weighted by atomic mass is 10.1. The number of hydrogen-bond acceptors (Lipinski definition) is 1. The van der Waals surface area contributed by atoms with E-state index in [0.29, 0.717) is 0 Å². The standard InChI is InChI=1S/C7H5BrF3N/c8-5-3-12-2-4(1-9)6(5)7(10)11/h2-3,7H,1H2. The molecular formula is C7H5BrF3N. The molecule has 0 aromatic carbocycles. The fourth-order valence-corrected chi connectivity index (χ4v) is 1.38. The molecule has 0 bridgehead atoms. The molecular weight excluding hydrogens is 235 g/mol. The zero-order valence-corrected chi connectivity index (χ0v) is 7.48. The molecule has 0 spiro atoms. The van der Waals surface area contributed by atoms with E-state index in [1.165, 1.54) is 6.20 Å². The summed E-state index contributed by atoms with van der Waals surface area (Å²) < 4.78 is 36.8. The largest absolute Gasteiger partial charge is 0.265 e. The molecule has 1 heterocycles. The predicted molar refractivity (Wildman–Crippen MR) is 41.7 cm³/mol. The van der Waals surface area contributed by atoms with Gasteiger partial charge in [-0.1, -0.05) is 0 Å². The number of rotatable bonds is 2. The molecule has 0 atom stereocenters. The van der Waals surface area contributed by atoms with Gasteiger partial charge in [0, 0.05) is 28.0 Å². The van der Waals surface area contributed by atoms with E-state index < -0.39 is 13.1 Å². The summed E-state index contributed by atoms with van der Waals surface area (Å²) in [5.74, 6) is 0. The number of nitrogens with zero attached hydrogens (tertiary/aromatic N) is 1. The van der Waals surface area contributed by atoms with Crippen LogP contribution in [0.25, 0.3) is 0 Å². The minimum absolute atomic E-state index is 0.0700. The number of aromatic nitrogens is 1. The summed E-state index contributed by atoms with van der Waals surface area (Å²) in [5, 5.41) is 0. The summed E-state index contributed by atoms with van der Waals surface area (Å²) >= 11 is 2.88. The third kappa shape index (κ3) is 1.77. The molecule has 0 saturated carbocycles. The molecule has 0 amide bonds. The highest BCUT2D eigenvalue weighted by Crippen LogP contribution is 2.29. The number of hydrogen-bond donors (Lipinski definition) is 0. The quantitative estimate of drug-likeness (QED) is 0.773. The summed E-state index contributed by atoms with van der Waals surface area (Å²) in [6.45, 7) is -0.924. The van der Waals surface area contributed by atoms with E-state index in [0.717, 1.165) is 6.20 Å². The molecule has 1 rings (SSSR count). The van der Waals surface area contributed by atoms with Crippen LogP contribution in [0.2, 0.25) is 0 Å². The van der Waals surface area contributed by atoms with E-state index in [4.69, 9.17) is 0 Å². The summed E-state index contributed by atoms with van der Waals surface area (Å²) in [5.41, 5.74) is -0.383. The Kier molecular flexibility index (Phi) is 3.08. The van der Waals surface area contributed by atoms with Crippen molar-refractivity contribution in [2.75, 3.05) is 0 Å².